The molecule has 1 N–H and O–H groups in total. The van der Waals surface area contributed by atoms with Crippen LogP contribution < -0.4 is 5.32 Å². The highest BCUT2D eigenvalue weighted by atomic mass is 16.2. The molecular formula is C19H25N3O2. The molecule has 0 atom stereocenters. The summed E-state index contributed by atoms with van der Waals surface area (Å²) < 4.78 is 0. The maximum atomic E-state index is 12.4. The van der Waals surface area contributed by atoms with Gasteiger partial charge in [0.1, 0.15) is 0 Å². The van der Waals surface area contributed by atoms with E-state index >= 15 is 0 Å². The summed E-state index contributed by atoms with van der Waals surface area (Å²) in [7, 11) is 0. The molecular weight excluding hydrogens is 302 g/mol. The summed E-state index contributed by atoms with van der Waals surface area (Å²) in [6.45, 7) is 7.03. The topological polar surface area (TPSA) is 73.2 Å². The van der Waals surface area contributed by atoms with E-state index in [1.165, 1.54) is 0 Å². The molecule has 2 rings (SSSR count). The van der Waals surface area contributed by atoms with E-state index in [1.54, 1.807) is 0 Å². The third-order valence-corrected chi connectivity index (χ3v) is 4.30. The van der Waals surface area contributed by atoms with Gasteiger partial charge in [-0.1, -0.05) is 32.9 Å². The number of rotatable bonds is 3. The minimum Gasteiger partial charge on any atom is -0.342 e. The molecule has 5 nitrogen and oxygen atoms in total. The zero-order chi connectivity index (χ0) is 17.7. The SMILES string of the molecule is CC(C)(C)C(=O)N1CCC(C(=O)Nc2ccc(CC#N)cc2)CC1. The second-order valence-corrected chi connectivity index (χ2v) is 7.34. The van der Waals surface area contributed by atoms with Crippen LogP contribution in [0.5, 0.6) is 0 Å². The van der Waals surface area contributed by atoms with Crippen molar-refractivity contribution in [2.45, 2.75) is 40.0 Å². The number of hydrogen-bond donors (Lipinski definition) is 1. The van der Waals surface area contributed by atoms with E-state index < -0.39 is 0 Å². The van der Waals surface area contributed by atoms with Gasteiger partial charge in [0.05, 0.1) is 12.5 Å². The number of carbonyl (C=O) groups excluding carboxylic acids is 2. The van der Waals surface area contributed by atoms with Crippen LogP contribution in [-0.4, -0.2) is 29.8 Å². The molecule has 5 heteroatoms. The zero-order valence-corrected chi connectivity index (χ0v) is 14.6. The van der Waals surface area contributed by atoms with Gasteiger partial charge in [-0.05, 0) is 30.5 Å². The highest BCUT2D eigenvalue weighted by molar-refractivity contribution is 5.92. The van der Waals surface area contributed by atoms with Gasteiger partial charge in [-0.15, -0.1) is 0 Å². The van der Waals surface area contributed by atoms with Crippen molar-refractivity contribution in [3.63, 3.8) is 0 Å². The van der Waals surface area contributed by atoms with Crippen LogP contribution in [0.2, 0.25) is 0 Å². The molecule has 1 fully saturated rings. The monoisotopic (exact) mass is 327 g/mol. The lowest BCUT2D eigenvalue weighted by molar-refractivity contribution is -0.142. The standard InChI is InChI=1S/C19H25N3O2/c1-19(2,3)18(24)22-12-9-15(10-13-22)17(23)21-16-6-4-14(5-7-16)8-11-20/h4-7,15H,8-10,12-13H2,1-3H3,(H,21,23). The Morgan fingerprint density at radius 2 is 1.79 bits per heavy atom. The quantitative estimate of drug-likeness (QED) is 0.927. The van der Waals surface area contributed by atoms with Crippen molar-refractivity contribution in [1.82, 2.24) is 4.90 Å². The first-order valence-electron chi connectivity index (χ1n) is 8.37. The van der Waals surface area contributed by atoms with E-state index in [9.17, 15) is 9.59 Å². The molecule has 0 aliphatic carbocycles. The lowest BCUT2D eigenvalue weighted by Gasteiger charge is -2.35. The minimum absolute atomic E-state index is 0.00545. The van der Waals surface area contributed by atoms with E-state index in [0.29, 0.717) is 32.4 Å². The van der Waals surface area contributed by atoms with E-state index in [1.807, 2.05) is 49.9 Å². The fraction of sp³-hybridized carbons (Fsp3) is 0.526. The molecule has 24 heavy (non-hydrogen) atoms. The molecule has 1 heterocycles. The molecule has 0 spiro atoms. The van der Waals surface area contributed by atoms with Crippen molar-refractivity contribution in [3.05, 3.63) is 29.8 Å². The van der Waals surface area contributed by atoms with Crippen LogP contribution in [0.4, 0.5) is 5.69 Å². The molecule has 2 amide bonds. The average molecular weight is 327 g/mol. The largest absolute Gasteiger partial charge is 0.342 e. The summed E-state index contributed by atoms with van der Waals surface area (Å²) >= 11 is 0. The zero-order valence-electron chi connectivity index (χ0n) is 14.6. The first kappa shape index (κ1) is 18.0. The van der Waals surface area contributed by atoms with Crippen LogP contribution in [-0.2, 0) is 16.0 Å². The number of hydrogen-bond acceptors (Lipinski definition) is 3. The van der Waals surface area contributed by atoms with Gasteiger partial charge < -0.3 is 10.2 Å². The molecule has 0 saturated carbocycles. The van der Waals surface area contributed by atoms with E-state index in [0.717, 1.165) is 11.3 Å². The lowest BCUT2D eigenvalue weighted by atomic mass is 9.90. The molecule has 0 radical (unpaired) electrons. The molecule has 128 valence electrons. The van der Waals surface area contributed by atoms with E-state index in [4.69, 9.17) is 5.26 Å². The number of nitrogens with one attached hydrogen (secondary N) is 1. The number of piperidine rings is 1. The van der Waals surface area contributed by atoms with Gasteiger partial charge in [-0.25, -0.2) is 0 Å². The van der Waals surface area contributed by atoms with E-state index in [2.05, 4.69) is 11.4 Å². The fourth-order valence-corrected chi connectivity index (χ4v) is 2.86. The van der Waals surface area contributed by atoms with Crippen LogP contribution in [0.1, 0.15) is 39.2 Å². The Kier molecular flexibility index (Phi) is 5.61. The Balaban J connectivity index is 1.87. The third-order valence-electron chi connectivity index (χ3n) is 4.30. The maximum Gasteiger partial charge on any atom is 0.227 e. The second-order valence-electron chi connectivity index (χ2n) is 7.34. The minimum atomic E-state index is -0.375. The number of anilines is 1. The highest BCUT2D eigenvalue weighted by Crippen LogP contribution is 2.24. The highest BCUT2D eigenvalue weighted by Gasteiger charge is 2.32. The van der Waals surface area contributed by atoms with Gasteiger partial charge >= 0.3 is 0 Å². The number of nitriles is 1. The van der Waals surface area contributed by atoms with Gasteiger partial charge in [0.15, 0.2) is 0 Å². The normalized spacial score (nSPS) is 15.7. The van der Waals surface area contributed by atoms with Crippen LogP contribution >= 0.6 is 0 Å². The van der Waals surface area contributed by atoms with E-state index in [-0.39, 0.29) is 23.1 Å². The van der Waals surface area contributed by atoms with Gasteiger partial charge in [0.25, 0.3) is 0 Å². The number of likely N-dealkylation sites (tertiary alicyclic amines) is 1. The van der Waals surface area contributed by atoms with Crippen LogP contribution in [0.15, 0.2) is 24.3 Å². The first-order valence-corrected chi connectivity index (χ1v) is 8.37. The molecule has 0 unspecified atom stereocenters. The number of nitrogens with zero attached hydrogens (tertiary/aromatic N) is 2. The summed E-state index contributed by atoms with van der Waals surface area (Å²) in [4.78, 5) is 26.5. The molecule has 1 aromatic carbocycles. The Bertz CT molecular complexity index is 630. The molecule has 0 bridgehead atoms. The van der Waals surface area contributed by atoms with Gasteiger partial charge in [-0.3, -0.25) is 9.59 Å². The number of benzene rings is 1. The smallest absolute Gasteiger partial charge is 0.227 e. The molecule has 0 aromatic heterocycles. The first-order chi connectivity index (χ1) is 11.3. The van der Waals surface area contributed by atoms with Gasteiger partial charge in [0.2, 0.25) is 11.8 Å². The number of amides is 2. The predicted molar refractivity (Wildman–Crippen MR) is 93.1 cm³/mol. The van der Waals surface area contributed by atoms with Crippen molar-refractivity contribution in [3.8, 4) is 6.07 Å². The summed E-state index contributed by atoms with van der Waals surface area (Å²) in [5.41, 5.74) is 1.31. The average Bonchev–Trinajstić information content (AvgIpc) is 2.55. The van der Waals surface area contributed by atoms with Crippen molar-refractivity contribution in [2.75, 3.05) is 18.4 Å². The summed E-state index contributed by atoms with van der Waals surface area (Å²) in [6.07, 6.45) is 1.76. The molecule has 1 saturated heterocycles. The van der Waals surface area contributed by atoms with Crippen molar-refractivity contribution in [2.24, 2.45) is 11.3 Å². The number of carbonyl (C=O) groups is 2. The van der Waals surface area contributed by atoms with Crippen molar-refractivity contribution >= 4 is 17.5 Å². The van der Waals surface area contributed by atoms with Crippen LogP contribution in [0.25, 0.3) is 0 Å². The summed E-state index contributed by atoms with van der Waals surface area (Å²) in [5, 5.41) is 11.6. The predicted octanol–water partition coefficient (Wildman–Crippen LogP) is 2.98. The molecule has 1 aliphatic heterocycles. The Morgan fingerprint density at radius 1 is 1.21 bits per heavy atom. The third kappa shape index (κ3) is 4.58. The maximum absolute atomic E-state index is 12.4. The van der Waals surface area contributed by atoms with Crippen molar-refractivity contribution < 1.29 is 9.59 Å². The Hall–Kier alpha value is -2.35. The van der Waals surface area contributed by atoms with Crippen molar-refractivity contribution in [1.29, 1.82) is 5.26 Å². The lowest BCUT2D eigenvalue weighted by Crippen LogP contribution is -2.45. The molecule has 1 aromatic rings. The van der Waals surface area contributed by atoms with Gasteiger partial charge in [0, 0.05) is 30.1 Å². The fourth-order valence-electron chi connectivity index (χ4n) is 2.86. The van der Waals surface area contributed by atoms with Gasteiger partial charge in [-0.2, -0.15) is 5.26 Å². The Labute approximate surface area is 143 Å². The summed E-state index contributed by atoms with van der Waals surface area (Å²) in [5.74, 6) is 0.0909. The molecule has 1 aliphatic rings. The second kappa shape index (κ2) is 7.48. The van der Waals surface area contributed by atoms with Crippen LogP contribution in [0.3, 0.4) is 0 Å². The summed E-state index contributed by atoms with van der Waals surface area (Å²) in [6, 6.07) is 9.45. The van der Waals surface area contributed by atoms with Crippen LogP contribution in [0, 0.1) is 22.7 Å². The Morgan fingerprint density at radius 3 is 2.29 bits per heavy atom.